The van der Waals surface area contributed by atoms with Crippen molar-refractivity contribution in [3.8, 4) is 0 Å². The van der Waals surface area contributed by atoms with Crippen LogP contribution in [0, 0.1) is 0 Å². The van der Waals surface area contributed by atoms with Crippen molar-refractivity contribution in [2.24, 2.45) is 0 Å². The van der Waals surface area contributed by atoms with Crippen molar-refractivity contribution in [2.45, 2.75) is 38.8 Å². The summed E-state index contributed by atoms with van der Waals surface area (Å²) in [5.41, 5.74) is 0.420. The second kappa shape index (κ2) is 7.27. The van der Waals surface area contributed by atoms with E-state index in [1.165, 1.54) is 6.20 Å². The molecule has 1 unspecified atom stereocenters. The Hall–Kier alpha value is -2.58. The summed E-state index contributed by atoms with van der Waals surface area (Å²) in [6.45, 7) is 3.84. The molecule has 9 heteroatoms. The number of nitrogens with one attached hydrogen (secondary N) is 2. The molecule has 2 amide bonds. The fourth-order valence-electron chi connectivity index (χ4n) is 1.54. The number of amides is 2. The number of aliphatic carboxylic acids is 2. The lowest BCUT2D eigenvalue weighted by molar-refractivity contribution is -0.140. The maximum absolute atomic E-state index is 11.7. The molecule has 0 aromatic carbocycles. The molecule has 0 saturated carbocycles. The van der Waals surface area contributed by atoms with E-state index in [1.54, 1.807) is 10.9 Å². The molecule has 0 fully saturated rings. The predicted octanol–water partition coefficient (Wildman–Crippen LogP) is 0.903. The predicted molar refractivity (Wildman–Crippen MR) is 73.1 cm³/mol. The Kier molecular flexibility index (Phi) is 5.70. The lowest BCUT2D eigenvalue weighted by atomic mass is 10.1. The van der Waals surface area contributed by atoms with E-state index in [9.17, 15) is 14.4 Å². The van der Waals surface area contributed by atoms with E-state index >= 15 is 0 Å². The van der Waals surface area contributed by atoms with Gasteiger partial charge in [-0.25, -0.2) is 9.59 Å². The number of nitrogens with zero attached hydrogens (tertiary/aromatic N) is 2. The molecular formula is C12H18N4O5. The van der Waals surface area contributed by atoms with Crippen molar-refractivity contribution >= 4 is 23.7 Å². The number of hydrogen-bond donors (Lipinski definition) is 4. The van der Waals surface area contributed by atoms with Gasteiger partial charge in [-0.1, -0.05) is 0 Å². The molecule has 0 aliphatic heterocycles. The number of carboxylic acid groups (broad SMARTS) is 2. The van der Waals surface area contributed by atoms with Gasteiger partial charge < -0.3 is 20.8 Å². The Morgan fingerprint density at radius 1 is 1.33 bits per heavy atom. The topological polar surface area (TPSA) is 134 Å². The first-order valence-corrected chi connectivity index (χ1v) is 6.36. The molecule has 1 rings (SSSR count). The van der Waals surface area contributed by atoms with Crippen molar-refractivity contribution < 1.29 is 24.6 Å². The van der Waals surface area contributed by atoms with Crippen molar-refractivity contribution in [2.75, 3.05) is 5.32 Å². The molecule has 1 heterocycles. The van der Waals surface area contributed by atoms with Crippen LogP contribution in [0.3, 0.4) is 0 Å². The molecule has 0 aliphatic carbocycles. The Balaban J connectivity index is 2.56. The summed E-state index contributed by atoms with van der Waals surface area (Å²) in [6, 6.07) is -1.86. The summed E-state index contributed by atoms with van der Waals surface area (Å²) >= 11 is 0. The highest BCUT2D eigenvalue weighted by atomic mass is 16.4. The summed E-state index contributed by atoms with van der Waals surface area (Å²) in [6.07, 6.45) is 2.51. The van der Waals surface area contributed by atoms with Gasteiger partial charge in [0.2, 0.25) is 0 Å². The van der Waals surface area contributed by atoms with Crippen LogP contribution >= 0.6 is 0 Å². The Bertz CT molecular complexity index is 525. The Morgan fingerprint density at radius 2 is 2.00 bits per heavy atom. The molecule has 21 heavy (non-hydrogen) atoms. The van der Waals surface area contributed by atoms with E-state index in [2.05, 4.69) is 15.7 Å². The van der Waals surface area contributed by atoms with Gasteiger partial charge >= 0.3 is 18.0 Å². The van der Waals surface area contributed by atoms with Crippen LogP contribution in [0.25, 0.3) is 0 Å². The highest BCUT2D eigenvalue weighted by Gasteiger charge is 2.21. The quantitative estimate of drug-likeness (QED) is 0.591. The molecule has 0 radical (unpaired) electrons. The summed E-state index contributed by atoms with van der Waals surface area (Å²) in [5, 5.41) is 26.1. The van der Waals surface area contributed by atoms with E-state index in [4.69, 9.17) is 10.2 Å². The van der Waals surface area contributed by atoms with E-state index < -0.39 is 24.0 Å². The van der Waals surface area contributed by atoms with Crippen LogP contribution in [-0.4, -0.2) is 44.0 Å². The highest BCUT2D eigenvalue weighted by molar-refractivity contribution is 5.92. The molecule has 1 aromatic rings. The van der Waals surface area contributed by atoms with Gasteiger partial charge in [0.1, 0.15) is 6.04 Å². The minimum Gasteiger partial charge on any atom is -0.481 e. The number of anilines is 1. The standard InChI is InChI=1S/C12H18N4O5/c1-7(2)16-6-8(5-13-16)14-12(21)15-9(11(19)20)3-4-10(17)18/h5-7,9H,3-4H2,1-2H3,(H,17,18)(H,19,20)(H2,14,15,21). The number of hydrogen-bond acceptors (Lipinski definition) is 4. The molecule has 4 N–H and O–H groups in total. The Morgan fingerprint density at radius 3 is 2.48 bits per heavy atom. The number of carbonyl (C=O) groups excluding carboxylic acids is 1. The average Bonchev–Trinajstić information content (AvgIpc) is 2.82. The maximum atomic E-state index is 11.7. The molecule has 1 atom stereocenters. The first-order valence-electron chi connectivity index (χ1n) is 6.36. The first kappa shape index (κ1) is 16.5. The van der Waals surface area contributed by atoms with Crippen molar-refractivity contribution in [3.05, 3.63) is 12.4 Å². The zero-order valence-electron chi connectivity index (χ0n) is 11.7. The van der Waals surface area contributed by atoms with Crippen LogP contribution < -0.4 is 10.6 Å². The van der Waals surface area contributed by atoms with Crippen LogP contribution in [-0.2, 0) is 9.59 Å². The zero-order chi connectivity index (χ0) is 16.0. The first-order chi connectivity index (χ1) is 9.79. The molecule has 9 nitrogen and oxygen atoms in total. The van der Waals surface area contributed by atoms with Crippen LogP contribution in [0.5, 0.6) is 0 Å². The van der Waals surface area contributed by atoms with Crippen LogP contribution in [0.1, 0.15) is 32.7 Å². The van der Waals surface area contributed by atoms with Gasteiger partial charge in [-0.05, 0) is 20.3 Å². The molecule has 116 valence electrons. The van der Waals surface area contributed by atoms with Gasteiger partial charge in [0.25, 0.3) is 0 Å². The highest BCUT2D eigenvalue weighted by Crippen LogP contribution is 2.09. The third-order valence-corrected chi connectivity index (χ3v) is 2.64. The zero-order valence-corrected chi connectivity index (χ0v) is 11.7. The number of aromatic nitrogens is 2. The summed E-state index contributed by atoms with van der Waals surface area (Å²) in [5.74, 6) is -2.41. The summed E-state index contributed by atoms with van der Waals surface area (Å²) in [7, 11) is 0. The Labute approximate surface area is 120 Å². The molecular weight excluding hydrogens is 280 g/mol. The average molecular weight is 298 g/mol. The molecule has 0 aliphatic rings. The van der Waals surface area contributed by atoms with Crippen LogP contribution in [0.4, 0.5) is 10.5 Å². The van der Waals surface area contributed by atoms with E-state index in [0.717, 1.165) is 0 Å². The van der Waals surface area contributed by atoms with E-state index in [1.807, 2.05) is 13.8 Å². The van der Waals surface area contributed by atoms with Gasteiger partial charge in [0.15, 0.2) is 0 Å². The lowest BCUT2D eigenvalue weighted by Gasteiger charge is -2.13. The van der Waals surface area contributed by atoms with Crippen LogP contribution in [0.2, 0.25) is 0 Å². The minimum absolute atomic E-state index is 0.131. The van der Waals surface area contributed by atoms with Gasteiger partial charge in [-0.15, -0.1) is 0 Å². The van der Waals surface area contributed by atoms with Gasteiger partial charge in [-0.3, -0.25) is 9.48 Å². The van der Waals surface area contributed by atoms with E-state index in [0.29, 0.717) is 5.69 Å². The normalized spacial score (nSPS) is 12.0. The number of carboxylic acids is 2. The van der Waals surface area contributed by atoms with E-state index in [-0.39, 0.29) is 18.9 Å². The molecule has 0 spiro atoms. The third kappa shape index (κ3) is 5.51. The lowest BCUT2D eigenvalue weighted by Crippen LogP contribution is -2.43. The smallest absolute Gasteiger partial charge is 0.326 e. The van der Waals surface area contributed by atoms with Gasteiger partial charge in [-0.2, -0.15) is 5.10 Å². The van der Waals surface area contributed by atoms with Crippen molar-refractivity contribution in [3.63, 3.8) is 0 Å². The molecule has 1 aromatic heterocycles. The number of rotatable bonds is 7. The van der Waals surface area contributed by atoms with Crippen LogP contribution in [0.15, 0.2) is 12.4 Å². The fourth-order valence-corrected chi connectivity index (χ4v) is 1.54. The van der Waals surface area contributed by atoms with Crippen molar-refractivity contribution in [1.82, 2.24) is 15.1 Å². The van der Waals surface area contributed by atoms with Crippen molar-refractivity contribution in [1.29, 1.82) is 0 Å². The largest absolute Gasteiger partial charge is 0.481 e. The molecule has 0 saturated heterocycles. The maximum Gasteiger partial charge on any atom is 0.326 e. The minimum atomic E-state index is -1.29. The number of carbonyl (C=O) groups is 3. The second-order valence-electron chi connectivity index (χ2n) is 4.72. The summed E-state index contributed by atoms with van der Waals surface area (Å²) in [4.78, 5) is 33.1. The number of urea groups is 1. The third-order valence-electron chi connectivity index (χ3n) is 2.64. The SMILES string of the molecule is CC(C)n1cc(NC(=O)NC(CCC(=O)O)C(=O)O)cn1. The van der Waals surface area contributed by atoms with Gasteiger partial charge in [0.05, 0.1) is 11.9 Å². The molecule has 0 bridgehead atoms. The van der Waals surface area contributed by atoms with Gasteiger partial charge in [0, 0.05) is 18.7 Å². The monoisotopic (exact) mass is 298 g/mol. The summed E-state index contributed by atoms with van der Waals surface area (Å²) < 4.78 is 1.63. The fraction of sp³-hybridized carbons (Fsp3) is 0.500. The second-order valence-corrected chi connectivity index (χ2v) is 4.72.